The molecule has 0 unspecified atom stereocenters. The third-order valence-electron chi connectivity index (χ3n) is 5.37. The summed E-state index contributed by atoms with van der Waals surface area (Å²) in [4.78, 5) is 24.7. The lowest BCUT2D eigenvalue weighted by molar-refractivity contribution is 0.0692. The molecule has 7 nitrogen and oxygen atoms in total. The van der Waals surface area contributed by atoms with E-state index in [-0.39, 0.29) is 39.3 Å². The number of allylic oxidation sites excluding steroid dienone is 4. The van der Waals surface area contributed by atoms with Gasteiger partial charge in [0, 0.05) is 11.1 Å². The maximum atomic E-state index is 13.1. The van der Waals surface area contributed by atoms with Gasteiger partial charge in [-0.15, -0.1) is 0 Å². The van der Waals surface area contributed by atoms with Crippen molar-refractivity contribution in [2.75, 3.05) is 0 Å². The third-order valence-corrected chi connectivity index (χ3v) is 5.37. The molecule has 0 radical (unpaired) electrons. The molecule has 0 aromatic heterocycles. The van der Waals surface area contributed by atoms with Crippen LogP contribution in [0.1, 0.15) is 70.7 Å². The van der Waals surface area contributed by atoms with Gasteiger partial charge in [0.1, 0.15) is 34.1 Å². The highest BCUT2D eigenvalue weighted by molar-refractivity contribution is 6.01. The Balaban J connectivity index is 2.71. The molecular formula is C24H26O7. The molecule has 0 amide bonds. The zero-order valence-corrected chi connectivity index (χ0v) is 18.3. The monoisotopic (exact) mass is 426 g/mol. The Morgan fingerprint density at radius 3 is 1.81 bits per heavy atom. The zero-order chi connectivity index (χ0) is 23.6. The van der Waals surface area contributed by atoms with E-state index in [1.807, 2.05) is 0 Å². The van der Waals surface area contributed by atoms with Gasteiger partial charge in [0.15, 0.2) is 0 Å². The van der Waals surface area contributed by atoms with Gasteiger partial charge in [-0.3, -0.25) is 0 Å². The van der Waals surface area contributed by atoms with Crippen molar-refractivity contribution in [2.24, 2.45) is 0 Å². The average Bonchev–Trinajstić information content (AvgIpc) is 2.72. The Kier molecular flexibility index (Phi) is 6.80. The van der Waals surface area contributed by atoms with E-state index in [0.717, 1.165) is 0 Å². The standard InChI is InChI=1S/C24H26O7/c1-7-11(3)15-9-17(25)13(5)21(26)20(15)24(30)31-18-10-16(12(4)8-2)19(23(28)29)22(27)14(18)6/h7-10,25-27H,1-6H3,(H,28,29)/b11-7-,12-8+. The van der Waals surface area contributed by atoms with Crippen molar-refractivity contribution in [3.8, 4) is 23.0 Å². The number of ether oxygens (including phenoxy) is 1. The van der Waals surface area contributed by atoms with Crippen LogP contribution >= 0.6 is 0 Å². The molecule has 2 rings (SSSR count). The number of rotatable bonds is 5. The maximum absolute atomic E-state index is 13.1. The van der Waals surface area contributed by atoms with E-state index < -0.39 is 23.4 Å². The molecule has 0 atom stereocenters. The van der Waals surface area contributed by atoms with Crippen LogP contribution in [0.3, 0.4) is 0 Å². The molecule has 2 aromatic carbocycles. The van der Waals surface area contributed by atoms with Crippen LogP contribution in [-0.2, 0) is 0 Å². The van der Waals surface area contributed by atoms with Gasteiger partial charge >= 0.3 is 11.9 Å². The summed E-state index contributed by atoms with van der Waals surface area (Å²) < 4.78 is 5.51. The van der Waals surface area contributed by atoms with Gasteiger partial charge in [-0.05, 0) is 75.9 Å². The molecule has 7 heteroatoms. The van der Waals surface area contributed by atoms with Crippen molar-refractivity contribution in [3.05, 3.63) is 57.7 Å². The molecule has 4 N–H and O–H groups in total. The Morgan fingerprint density at radius 2 is 1.32 bits per heavy atom. The van der Waals surface area contributed by atoms with Crippen LogP contribution in [0.5, 0.6) is 23.0 Å². The average molecular weight is 426 g/mol. The normalized spacial score (nSPS) is 12.1. The number of carboxylic acids is 1. The van der Waals surface area contributed by atoms with Crippen molar-refractivity contribution in [1.29, 1.82) is 0 Å². The highest BCUT2D eigenvalue weighted by Crippen LogP contribution is 2.40. The van der Waals surface area contributed by atoms with E-state index >= 15 is 0 Å². The maximum Gasteiger partial charge on any atom is 0.347 e. The van der Waals surface area contributed by atoms with Crippen LogP contribution in [-0.4, -0.2) is 32.4 Å². The first-order valence-electron chi connectivity index (χ1n) is 9.60. The van der Waals surface area contributed by atoms with Gasteiger partial charge in [-0.1, -0.05) is 12.2 Å². The van der Waals surface area contributed by atoms with Crippen LogP contribution in [0, 0.1) is 13.8 Å². The fraction of sp³-hybridized carbons (Fsp3) is 0.250. The Hall–Kier alpha value is -3.74. The minimum absolute atomic E-state index is 0.0436. The number of benzene rings is 2. The van der Waals surface area contributed by atoms with Gasteiger partial charge in [-0.2, -0.15) is 0 Å². The molecule has 0 aliphatic rings. The van der Waals surface area contributed by atoms with E-state index in [0.29, 0.717) is 16.7 Å². The van der Waals surface area contributed by atoms with Crippen LogP contribution in [0.15, 0.2) is 24.3 Å². The largest absolute Gasteiger partial charge is 0.508 e. The van der Waals surface area contributed by atoms with Gasteiger partial charge in [0.25, 0.3) is 0 Å². The number of hydrogen-bond donors (Lipinski definition) is 4. The number of carbonyl (C=O) groups is 2. The topological polar surface area (TPSA) is 124 Å². The quantitative estimate of drug-likeness (QED) is 0.383. The molecular weight excluding hydrogens is 400 g/mol. The molecule has 0 aliphatic carbocycles. The summed E-state index contributed by atoms with van der Waals surface area (Å²) in [6.45, 7) is 9.74. The number of aromatic carboxylic acids is 1. The van der Waals surface area contributed by atoms with E-state index in [1.165, 1.54) is 26.0 Å². The lowest BCUT2D eigenvalue weighted by atomic mass is 9.95. The highest BCUT2D eigenvalue weighted by Gasteiger charge is 2.27. The highest BCUT2D eigenvalue weighted by atomic mass is 16.5. The van der Waals surface area contributed by atoms with Crippen molar-refractivity contribution in [3.63, 3.8) is 0 Å². The number of phenols is 3. The number of aromatic hydroxyl groups is 3. The summed E-state index contributed by atoms with van der Waals surface area (Å²) in [6, 6.07) is 2.74. The Morgan fingerprint density at radius 1 is 0.839 bits per heavy atom. The lowest BCUT2D eigenvalue weighted by Crippen LogP contribution is -2.14. The predicted octanol–water partition coefficient (Wildman–Crippen LogP) is 5.18. The van der Waals surface area contributed by atoms with Gasteiger partial charge in [0.05, 0.1) is 0 Å². The van der Waals surface area contributed by atoms with Crippen LogP contribution in [0.4, 0.5) is 0 Å². The minimum Gasteiger partial charge on any atom is -0.508 e. The van der Waals surface area contributed by atoms with Gasteiger partial charge in [0.2, 0.25) is 0 Å². The number of hydrogen-bond acceptors (Lipinski definition) is 6. The first-order chi connectivity index (χ1) is 14.5. The summed E-state index contributed by atoms with van der Waals surface area (Å²) in [6.07, 6.45) is 3.39. The molecule has 0 bridgehead atoms. The first kappa shape index (κ1) is 23.5. The second-order valence-corrected chi connectivity index (χ2v) is 7.20. The first-order valence-corrected chi connectivity index (χ1v) is 9.60. The minimum atomic E-state index is -1.31. The smallest absolute Gasteiger partial charge is 0.347 e. The SMILES string of the molecule is C/C=C(/C)c1cc(O)c(C)c(O)c1C(=O)Oc1cc(/C(C)=C/C)c(C(=O)O)c(O)c1C. The number of carbonyl (C=O) groups excluding carboxylic acids is 1. The summed E-state index contributed by atoms with van der Waals surface area (Å²) in [5.41, 5.74) is 1.45. The fourth-order valence-corrected chi connectivity index (χ4v) is 3.11. The second kappa shape index (κ2) is 8.95. The van der Waals surface area contributed by atoms with E-state index in [9.17, 15) is 30.0 Å². The van der Waals surface area contributed by atoms with E-state index in [4.69, 9.17) is 4.74 Å². The van der Waals surface area contributed by atoms with Crippen molar-refractivity contribution in [2.45, 2.75) is 41.5 Å². The van der Waals surface area contributed by atoms with Crippen molar-refractivity contribution >= 4 is 23.1 Å². The Labute approximate surface area is 180 Å². The third kappa shape index (κ3) is 4.26. The molecule has 0 fully saturated rings. The van der Waals surface area contributed by atoms with Crippen LogP contribution in [0.2, 0.25) is 0 Å². The van der Waals surface area contributed by atoms with E-state index in [1.54, 1.807) is 39.8 Å². The molecule has 0 heterocycles. The molecule has 0 saturated carbocycles. The molecule has 164 valence electrons. The Bertz CT molecular complexity index is 1140. The molecule has 0 aliphatic heterocycles. The van der Waals surface area contributed by atoms with Crippen LogP contribution < -0.4 is 4.74 Å². The number of carboxylic acid groups (broad SMARTS) is 1. The van der Waals surface area contributed by atoms with Gasteiger partial charge < -0.3 is 25.2 Å². The summed E-state index contributed by atoms with van der Waals surface area (Å²) in [7, 11) is 0. The lowest BCUT2D eigenvalue weighted by Gasteiger charge is -2.18. The summed E-state index contributed by atoms with van der Waals surface area (Å²) in [5, 5.41) is 40.6. The van der Waals surface area contributed by atoms with Gasteiger partial charge in [-0.25, -0.2) is 9.59 Å². The second-order valence-electron chi connectivity index (χ2n) is 7.20. The molecule has 0 spiro atoms. The predicted molar refractivity (Wildman–Crippen MR) is 118 cm³/mol. The molecule has 0 saturated heterocycles. The van der Waals surface area contributed by atoms with E-state index in [2.05, 4.69) is 0 Å². The zero-order valence-electron chi connectivity index (χ0n) is 18.3. The number of phenolic OH excluding ortho intramolecular Hbond substituents is 2. The van der Waals surface area contributed by atoms with Crippen LogP contribution in [0.25, 0.3) is 11.1 Å². The molecule has 2 aromatic rings. The van der Waals surface area contributed by atoms with Crippen molar-refractivity contribution in [1.82, 2.24) is 0 Å². The fourth-order valence-electron chi connectivity index (χ4n) is 3.11. The molecule has 31 heavy (non-hydrogen) atoms. The summed E-state index contributed by atoms with van der Waals surface area (Å²) in [5.74, 6) is -3.37. The van der Waals surface area contributed by atoms with Crippen molar-refractivity contribution < 1.29 is 34.8 Å². The summed E-state index contributed by atoms with van der Waals surface area (Å²) >= 11 is 0. The number of esters is 1.